The standard InChI is InChI=1S/C27H26F2N2O2/c1-17-21(8-10-26(32)31-24-6-4-5-18-16-30-14-12-20(18)24)27(2,3)13-11-25(17)33-19-7-9-22(28)23(29)15-19/h4-10,12,14-16,25H,11,13H2,1-3H3,(H,31,32). The molecule has 0 aliphatic heterocycles. The van der Waals surface area contributed by atoms with Crippen molar-refractivity contribution in [3.8, 4) is 5.75 Å². The van der Waals surface area contributed by atoms with E-state index in [1.165, 1.54) is 12.1 Å². The van der Waals surface area contributed by atoms with E-state index in [1.807, 2.05) is 37.3 Å². The van der Waals surface area contributed by atoms with Crippen molar-refractivity contribution in [1.29, 1.82) is 0 Å². The van der Waals surface area contributed by atoms with Crippen LogP contribution in [0.5, 0.6) is 5.75 Å². The normalized spacial score (nSPS) is 18.0. The van der Waals surface area contributed by atoms with Gasteiger partial charge in [0.25, 0.3) is 0 Å². The van der Waals surface area contributed by atoms with Crippen LogP contribution in [0.1, 0.15) is 33.6 Å². The number of amides is 1. The fraction of sp³-hybridized carbons (Fsp3) is 0.259. The van der Waals surface area contributed by atoms with Crippen molar-refractivity contribution in [2.45, 2.75) is 39.7 Å². The van der Waals surface area contributed by atoms with E-state index in [0.717, 1.165) is 52.6 Å². The molecule has 3 aromatic rings. The summed E-state index contributed by atoms with van der Waals surface area (Å²) >= 11 is 0. The average molecular weight is 449 g/mol. The van der Waals surface area contributed by atoms with E-state index >= 15 is 0 Å². The molecule has 1 heterocycles. The predicted octanol–water partition coefficient (Wildman–Crippen LogP) is 6.59. The molecule has 170 valence electrons. The summed E-state index contributed by atoms with van der Waals surface area (Å²) in [5.74, 6) is -1.80. The Hall–Kier alpha value is -3.54. The number of ether oxygens (including phenoxy) is 1. The zero-order chi connectivity index (χ0) is 23.6. The van der Waals surface area contributed by atoms with E-state index in [2.05, 4.69) is 24.1 Å². The quantitative estimate of drug-likeness (QED) is 0.448. The molecule has 6 heteroatoms. The van der Waals surface area contributed by atoms with Crippen LogP contribution in [-0.4, -0.2) is 17.0 Å². The van der Waals surface area contributed by atoms with Gasteiger partial charge in [0, 0.05) is 41.0 Å². The number of nitrogens with one attached hydrogen (secondary N) is 1. The first-order chi connectivity index (χ1) is 15.7. The molecule has 33 heavy (non-hydrogen) atoms. The van der Waals surface area contributed by atoms with Crippen LogP contribution in [0.15, 0.2) is 78.2 Å². The molecule has 0 saturated heterocycles. The third-order valence-corrected chi connectivity index (χ3v) is 6.18. The van der Waals surface area contributed by atoms with E-state index in [0.29, 0.717) is 0 Å². The second kappa shape index (κ2) is 9.14. The monoisotopic (exact) mass is 448 g/mol. The Morgan fingerprint density at radius 2 is 2.00 bits per heavy atom. The van der Waals surface area contributed by atoms with E-state index in [-0.39, 0.29) is 23.2 Å². The van der Waals surface area contributed by atoms with Gasteiger partial charge >= 0.3 is 0 Å². The Balaban J connectivity index is 1.55. The van der Waals surface area contributed by atoms with Crippen molar-refractivity contribution < 1.29 is 18.3 Å². The van der Waals surface area contributed by atoms with Crippen molar-refractivity contribution in [2.75, 3.05) is 5.32 Å². The minimum absolute atomic E-state index is 0.153. The van der Waals surface area contributed by atoms with Gasteiger partial charge in [0.2, 0.25) is 5.91 Å². The molecule has 1 N–H and O–H groups in total. The Morgan fingerprint density at radius 3 is 2.79 bits per heavy atom. The third-order valence-electron chi connectivity index (χ3n) is 6.18. The fourth-order valence-corrected chi connectivity index (χ4v) is 4.33. The van der Waals surface area contributed by atoms with Gasteiger partial charge in [-0.15, -0.1) is 0 Å². The Bertz CT molecular complexity index is 1260. The van der Waals surface area contributed by atoms with Crippen molar-refractivity contribution in [1.82, 2.24) is 4.98 Å². The van der Waals surface area contributed by atoms with Crippen LogP contribution in [0.4, 0.5) is 14.5 Å². The Kier molecular flexibility index (Phi) is 6.27. The molecule has 1 aliphatic rings. The number of carbonyl (C=O) groups is 1. The third kappa shape index (κ3) is 4.95. The van der Waals surface area contributed by atoms with Crippen LogP contribution < -0.4 is 10.1 Å². The molecule has 1 atom stereocenters. The van der Waals surface area contributed by atoms with Crippen LogP contribution in [0.2, 0.25) is 0 Å². The lowest BCUT2D eigenvalue weighted by atomic mass is 9.71. The summed E-state index contributed by atoms with van der Waals surface area (Å²) in [4.78, 5) is 16.8. The lowest BCUT2D eigenvalue weighted by Crippen LogP contribution is -2.31. The number of nitrogens with zero attached hydrogens (tertiary/aromatic N) is 1. The van der Waals surface area contributed by atoms with Crippen molar-refractivity contribution in [2.24, 2.45) is 5.41 Å². The van der Waals surface area contributed by atoms with Gasteiger partial charge in [-0.05, 0) is 60.6 Å². The molecule has 0 radical (unpaired) electrons. The highest BCUT2D eigenvalue weighted by Crippen LogP contribution is 2.42. The number of aromatic nitrogens is 1. The molecule has 0 fully saturated rings. The Labute approximate surface area is 192 Å². The fourth-order valence-electron chi connectivity index (χ4n) is 4.33. The molecule has 2 aromatic carbocycles. The number of carbonyl (C=O) groups excluding carboxylic acids is 1. The topological polar surface area (TPSA) is 51.2 Å². The lowest BCUT2D eigenvalue weighted by molar-refractivity contribution is -0.111. The van der Waals surface area contributed by atoms with Gasteiger partial charge in [0.1, 0.15) is 11.9 Å². The summed E-state index contributed by atoms with van der Waals surface area (Å²) in [6.07, 6.45) is 8.10. The van der Waals surface area contributed by atoms with E-state index in [1.54, 1.807) is 12.4 Å². The number of hydrogen-bond donors (Lipinski definition) is 1. The summed E-state index contributed by atoms with van der Waals surface area (Å²) in [6, 6.07) is 11.1. The molecule has 1 amide bonds. The molecule has 0 saturated carbocycles. The highest BCUT2D eigenvalue weighted by molar-refractivity contribution is 6.06. The summed E-state index contributed by atoms with van der Waals surface area (Å²) < 4.78 is 32.8. The second-order valence-electron chi connectivity index (χ2n) is 8.93. The number of rotatable bonds is 5. The van der Waals surface area contributed by atoms with Crippen molar-refractivity contribution in [3.63, 3.8) is 0 Å². The number of allylic oxidation sites excluding steroid dienone is 2. The average Bonchev–Trinajstić information content (AvgIpc) is 2.78. The molecule has 0 spiro atoms. The number of halogens is 2. The SMILES string of the molecule is CC1=C(C=CC(=O)Nc2cccc3cnccc23)C(C)(C)CCC1Oc1ccc(F)c(F)c1. The first-order valence-electron chi connectivity index (χ1n) is 10.9. The number of anilines is 1. The summed E-state index contributed by atoms with van der Waals surface area (Å²) in [5.41, 5.74) is 2.53. The van der Waals surface area contributed by atoms with Crippen LogP contribution in [-0.2, 0) is 4.79 Å². The minimum Gasteiger partial charge on any atom is -0.486 e. The summed E-state index contributed by atoms with van der Waals surface area (Å²) in [7, 11) is 0. The van der Waals surface area contributed by atoms with Gasteiger partial charge in [-0.2, -0.15) is 0 Å². The number of benzene rings is 2. The van der Waals surface area contributed by atoms with Crippen LogP contribution in [0, 0.1) is 17.0 Å². The maximum absolute atomic E-state index is 13.6. The highest BCUT2D eigenvalue weighted by atomic mass is 19.2. The van der Waals surface area contributed by atoms with Crippen molar-refractivity contribution in [3.05, 3.63) is 89.8 Å². The maximum Gasteiger partial charge on any atom is 0.248 e. The second-order valence-corrected chi connectivity index (χ2v) is 8.93. The smallest absolute Gasteiger partial charge is 0.248 e. The first kappa shape index (κ1) is 22.6. The van der Waals surface area contributed by atoms with E-state index in [9.17, 15) is 13.6 Å². The summed E-state index contributed by atoms with van der Waals surface area (Å²) in [5, 5.41) is 4.81. The van der Waals surface area contributed by atoms with Gasteiger partial charge < -0.3 is 10.1 Å². The molecule has 1 unspecified atom stereocenters. The number of hydrogen-bond acceptors (Lipinski definition) is 3. The summed E-state index contributed by atoms with van der Waals surface area (Å²) in [6.45, 7) is 6.21. The van der Waals surface area contributed by atoms with E-state index in [4.69, 9.17) is 4.74 Å². The van der Waals surface area contributed by atoms with Crippen LogP contribution in [0.3, 0.4) is 0 Å². The Morgan fingerprint density at radius 1 is 1.18 bits per heavy atom. The molecule has 1 aromatic heterocycles. The highest BCUT2D eigenvalue weighted by Gasteiger charge is 2.33. The largest absolute Gasteiger partial charge is 0.486 e. The first-order valence-corrected chi connectivity index (χ1v) is 10.9. The minimum atomic E-state index is -0.939. The van der Waals surface area contributed by atoms with E-state index < -0.39 is 11.6 Å². The zero-order valence-corrected chi connectivity index (χ0v) is 18.9. The lowest BCUT2D eigenvalue weighted by Gasteiger charge is -2.37. The van der Waals surface area contributed by atoms with Gasteiger partial charge in [-0.25, -0.2) is 8.78 Å². The molecule has 1 aliphatic carbocycles. The van der Waals surface area contributed by atoms with Gasteiger partial charge in [0.15, 0.2) is 11.6 Å². The molecule has 4 nitrogen and oxygen atoms in total. The molecular formula is C27H26F2N2O2. The van der Waals surface area contributed by atoms with Gasteiger partial charge in [-0.3, -0.25) is 9.78 Å². The molecule has 0 bridgehead atoms. The molecular weight excluding hydrogens is 422 g/mol. The number of pyridine rings is 1. The van der Waals surface area contributed by atoms with Crippen LogP contribution >= 0.6 is 0 Å². The zero-order valence-electron chi connectivity index (χ0n) is 18.9. The van der Waals surface area contributed by atoms with Crippen LogP contribution in [0.25, 0.3) is 10.8 Å². The maximum atomic E-state index is 13.6. The predicted molar refractivity (Wildman–Crippen MR) is 126 cm³/mol. The van der Waals surface area contributed by atoms with Gasteiger partial charge in [-0.1, -0.05) is 32.1 Å². The van der Waals surface area contributed by atoms with Crippen molar-refractivity contribution >= 4 is 22.4 Å². The molecule has 4 rings (SSSR count). The van der Waals surface area contributed by atoms with Gasteiger partial charge in [0.05, 0.1) is 0 Å². The number of fused-ring (bicyclic) bond motifs is 1.